The highest BCUT2D eigenvalue weighted by Gasteiger charge is 2.00. The molecule has 1 N–H and O–H groups in total. The fourth-order valence-electron chi connectivity index (χ4n) is 1.51. The average Bonchev–Trinajstić information content (AvgIpc) is 3.04. The Labute approximate surface area is 111 Å². The minimum absolute atomic E-state index is 0.655. The molecule has 2 heterocycles. The zero-order chi connectivity index (χ0) is 12.6. The molecular weight excluding hydrogens is 248 g/mol. The number of rotatable bonds is 8. The van der Waals surface area contributed by atoms with Gasteiger partial charge < -0.3 is 10.1 Å². The first-order valence-corrected chi connectivity index (χ1v) is 6.96. The number of hydrogen-bond donors (Lipinski definition) is 1. The Bertz CT molecular complexity index is 441. The summed E-state index contributed by atoms with van der Waals surface area (Å²) in [6, 6.07) is 4.11. The minimum Gasteiger partial charge on any atom is -0.374 e. The Balaban J connectivity index is 1.65. The van der Waals surface area contributed by atoms with Crippen molar-refractivity contribution in [2.75, 3.05) is 13.2 Å². The molecule has 2 rings (SSSR count). The van der Waals surface area contributed by atoms with Crippen molar-refractivity contribution in [3.8, 4) is 0 Å². The second kappa shape index (κ2) is 7.25. The molecule has 0 saturated heterocycles. The van der Waals surface area contributed by atoms with E-state index in [1.807, 2.05) is 16.9 Å². The van der Waals surface area contributed by atoms with Crippen LogP contribution in [0.25, 0.3) is 0 Å². The molecular formula is C12H18N4OS. The van der Waals surface area contributed by atoms with Crippen molar-refractivity contribution in [1.29, 1.82) is 0 Å². The molecule has 0 aliphatic carbocycles. The van der Waals surface area contributed by atoms with Crippen LogP contribution in [0.15, 0.2) is 23.7 Å². The molecule has 0 fully saturated rings. The van der Waals surface area contributed by atoms with Gasteiger partial charge in [-0.2, -0.15) is 0 Å². The predicted molar refractivity (Wildman–Crippen MR) is 71.4 cm³/mol. The summed E-state index contributed by atoms with van der Waals surface area (Å²) < 4.78 is 7.40. The van der Waals surface area contributed by atoms with Gasteiger partial charge in [-0.25, -0.2) is 4.68 Å². The molecule has 2 aromatic heterocycles. The van der Waals surface area contributed by atoms with Gasteiger partial charge in [0.1, 0.15) is 0 Å². The third kappa shape index (κ3) is 4.21. The Kier molecular flexibility index (Phi) is 5.32. The van der Waals surface area contributed by atoms with Crippen LogP contribution < -0.4 is 5.32 Å². The molecule has 0 atom stereocenters. The highest BCUT2D eigenvalue weighted by molar-refractivity contribution is 7.09. The van der Waals surface area contributed by atoms with Gasteiger partial charge in [0.15, 0.2) is 0 Å². The standard InChI is InChI=1S/C12H18N4OS/c1-2-13-8-11-9-16(15-14-11)5-6-17-10-12-4-3-7-18-12/h3-4,7,9,13H,2,5-6,8,10H2,1H3. The van der Waals surface area contributed by atoms with Crippen LogP contribution in [-0.4, -0.2) is 28.1 Å². The van der Waals surface area contributed by atoms with E-state index < -0.39 is 0 Å². The second-order valence-electron chi connectivity index (χ2n) is 3.89. The molecule has 0 unspecified atom stereocenters. The van der Waals surface area contributed by atoms with Crippen molar-refractivity contribution in [1.82, 2.24) is 20.3 Å². The van der Waals surface area contributed by atoms with Gasteiger partial charge in [-0.3, -0.25) is 0 Å². The smallest absolute Gasteiger partial charge is 0.0964 e. The van der Waals surface area contributed by atoms with Crippen LogP contribution in [0.4, 0.5) is 0 Å². The zero-order valence-electron chi connectivity index (χ0n) is 10.5. The van der Waals surface area contributed by atoms with Crippen LogP contribution in [0.3, 0.4) is 0 Å². The van der Waals surface area contributed by atoms with Crippen LogP contribution in [-0.2, 0) is 24.4 Å². The van der Waals surface area contributed by atoms with Crippen molar-refractivity contribution in [2.45, 2.75) is 26.6 Å². The Morgan fingerprint density at radius 1 is 1.50 bits per heavy atom. The van der Waals surface area contributed by atoms with Crippen LogP contribution in [0.1, 0.15) is 17.5 Å². The van der Waals surface area contributed by atoms with E-state index in [0.29, 0.717) is 13.2 Å². The Morgan fingerprint density at radius 2 is 2.44 bits per heavy atom. The predicted octanol–water partition coefficient (Wildman–Crippen LogP) is 1.67. The summed E-state index contributed by atoms with van der Waals surface area (Å²) in [4.78, 5) is 1.25. The van der Waals surface area contributed by atoms with E-state index in [1.54, 1.807) is 11.3 Å². The van der Waals surface area contributed by atoms with Crippen molar-refractivity contribution in [3.05, 3.63) is 34.3 Å². The minimum atomic E-state index is 0.655. The average molecular weight is 266 g/mol. The van der Waals surface area contributed by atoms with Crippen LogP contribution in [0.2, 0.25) is 0 Å². The maximum Gasteiger partial charge on any atom is 0.0964 e. The van der Waals surface area contributed by atoms with Gasteiger partial charge in [-0.1, -0.05) is 18.2 Å². The van der Waals surface area contributed by atoms with E-state index >= 15 is 0 Å². The van der Waals surface area contributed by atoms with E-state index in [4.69, 9.17) is 4.74 Å². The maximum absolute atomic E-state index is 5.58. The van der Waals surface area contributed by atoms with Crippen molar-refractivity contribution < 1.29 is 4.74 Å². The lowest BCUT2D eigenvalue weighted by Crippen LogP contribution is -2.11. The van der Waals surface area contributed by atoms with Gasteiger partial charge in [-0.05, 0) is 18.0 Å². The number of ether oxygens (including phenoxy) is 1. The second-order valence-corrected chi connectivity index (χ2v) is 4.92. The molecule has 0 saturated carbocycles. The molecule has 0 bridgehead atoms. The summed E-state index contributed by atoms with van der Waals surface area (Å²) in [7, 11) is 0. The largest absolute Gasteiger partial charge is 0.374 e. The van der Waals surface area contributed by atoms with Gasteiger partial charge >= 0.3 is 0 Å². The number of hydrogen-bond acceptors (Lipinski definition) is 5. The Morgan fingerprint density at radius 3 is 3.22 bits per heavy atom. The molecule has 0 radical (unpaired) electrons. The first-order valence-electron chi connectivity index (χ1n) is 6.08. The highest BCUT2D eigenvalue weighted by Crippen LogP contribution is 2.09. The molecule has 0 aliphatic heterocycles. The highest BCUT2D eigenvalue weighted by atomic mass is 32.1. The van der Waals surface area contributed by atoms with Gasteiger partial charge in [0.2, 0.25) is 0 Å². The Hall–Kier alpha value is -1.24. The first kappa shape index (κ1) is 13.2. The van der Waals surface area contributed by atoms with E-state index in [9.17, 15) is 0 Å². The third-order valence-electron chi connectivity index (χ3n) is 2.43. The molecule has 0 spiro atoms. The van der Waals surface area contributed by atoms with Crippen molar-refractivity contribution >= 4 is 11.3 Å². The number of thiophene rings is 1. The lowest BCUT2D eigenvalue weighted by atomic mass is 10.4. The normalized spacial score (nSPS) is 10.9. The topological polar surface area (TPSA) is 52.0 Å². The van der Waals surface area contributed by atoms with Gasteiger partial charge in [-0.15, -0.1) is 16.4 Å². The number of nitrogens with one attached hydrogen (secondary N) is 1. The van der Waals surface area contributed by atoms with Crippen molar-refractivity contribution in [2.24, 2.45) is 0 Å². The van der Waals surface area contributed by atoms with E-state index in [2.05, 4.69) is 34.0 Å². The first-order chi connectivity index (χ1) is 8.88. The quantitative estimate of drug-likeness (QED) is 0.738. The van der Waals surface area contributed by atoms with Crippen LogP contribution in [0.5, 0.6) is 0 Å². The summed E-state index contributed by atoms with van der Waals surface area (Å²) in [6.45, 7) is 5.86. The maximum atomic E-state index is 5.58. The number of aromatic nitrogens is 3. The molecule has 0 aliphatic rings. The van der Waals surface area contributed by atoms with E-state index in [-0.39, 0.29) is 0 Å². The van der Waals surface area contributed by atoms with Gasteiger partial charge in [0.25, 0.3) is 0 Å². The monoisotopic (exact) mass is 266 g/mol. The van der Waals surface area contributed by atoms with E-state index in [0.717, 1.165) is 25.3 Å². The SMILES string of the molecule is CCNCc1cn(CCOCc2cccs2)nn1. The van der Waals surface area contributed by atoms with Gasteiger partial charge in [0, 0.05) is 17.6 Å². The fourth-order valence-corrected chi connectivity index (χ4v) is 2.15. The summed E-state index contributed by atoms with van der Waals surface area (Å²) >= 11 is 1.71. The van der Waals surface area contributed by atoms with Crippen molar-refractivity contribution in [3.63, 3.8) is 0 Å². The molecule has 18 heavy (non-hydrogen) atoms. The molecule has 0 amide bonds. The molecule has 98 valence electrons. The molecule has 6 heteroatoms. The summed E-state index contributed by atoms with van der Waals surface area (Å²) in [6.07, 6.45) is 1.96. The lowest BCUT2D eigenvalue weighted by Gasteiger charge is -2.02. The number of nitrogens with zero attached hydrogens (tertiary/aromatic N) is 3. The summed E-state index contributed by atoms with van der Waals surface area (Å²) in [5.74, 6) is 0. The van der Waals surface area contributed by atoms with Crippen LogP contribution in [0, 0.1) is 0 Å². The van der Waals surface area contributed by atoms with Crippen LogP contribution >= 0.6 is 11.3 Å². The lowest BCUT2D eigenvalue weighted by molar-refractivity contribution is 0.112. The molecule has 5 nitrogen and oxygen atoms in total. The van der Waals surface area contributed by atoms with Gasteiger partial charge in [0.05, 0.1) is 25.5 Å². The third-order valence-corrected chi connectivity index (χ3v) is 3.28. The van der Waals surface area contributed by atoms with E-state index in [1.165, 1.54) is 4.88 Å². The fraction of sp³-hybridized carbons (Fsp3) is 0.500. The summed E-state index contributed by atoms with van der Waals surface area (Å²) in [5.41, 5.74) is 0.968. The zero-order valence-corrected chi connectivity index (χ0v) is 11.3. The summed E-state index contributed by atoms with van der Waals surface area (Å²) in [5, 5.41) is 13.4. The molecule has 0 aromatic carbocycles. The molecule has 2 aromatic rings.